The summed E-state index contributed by atoms with van der Waals surface area (Å²) < 4.78 is 0. The molecular weight excluding hydrogens is 264 g/mol. The number of aromatic carboxylic acids is 1. The molecule has 2 rings (SSSR count). The van der Waals surface area contributed by atoms with Gasteiger partial charge >= 0.3 is 5.97 Å². The van der Waals surface area contributed by atoms with Gasteiger partial charge in [-0.1, -0.05) is 26.8 Å². The number of benzene rings is 1. The second kappa shape index (κ2) is 5.96. The van der Waals surface area contributed by atoms with E-state index in [0.717, 1.165) is 31.6 Å². The average Bonchev–Trinajstić information content (AvgIpc) is 2.64. The molecule has 0 saturated carbocycles. The first-order valence-corrected chi connectivity index (χ1v) is 7.67. The number of carboxylic acids is 1. The van der Waals surface area contributed by atoms with E-state index < -0.39 is 5.97 Å². The van der Waals surface area contributed by atoms with Gasteiger partial charge in [0.1, 0.15) is 0 Å². The molecular formula is C17H26N2O2. The van der Waals surface area contributed by atoms with E-state index in [2.05, 4.69) is 25.7 Å². The molecule has 0 radical (unpaired) electrons. The molecule has 1 heterocycles. The molecule has 4 nitrogen and oxygen atoms in total. The van der Waals surface area contributed by atoms with E-state index in [4.69, 9.17) is 5.73 Å². The van der Waals surface area contributed by atoms with Gasteiger partial charge in [-0.25, -0.2) is 4.79 Å². The van der Waals surface area contributed by atoms with E-state index in [1.165, 1.54) is 6.42 Å². The molecule has 21 heavy (non-hydrogen) atoms. The maximum absolute atomic E-state index is 11.2. The number of carbonyl (C=O) groups is 1. The van der Waals surface area contributed by atoms with E-state index in [-0.39, 0.29) is 5.56 Å². The summed E-state index contributed by atoms with van der Waals surface area (Å²) in [5.74, 6) is -0.261. The monoisotopic (exact) mass is 290 g/mol. The lowest BCUT2D eigenvalue weighted by Crippen LogP contribution is -2.27. The number of hydrogen-bond donors (Lipinski definition) is 2. The number of carboxylic acid groups (broad SMARTS) is 1. The van der Waals surface area contributed by atoms with Crippen LogP contribution in [0.1, 0.15) is 50.4 Å². The Morgan fingerprint density at radius 2 is 2.00 bits per heavy atom. The topological polar surface area (TPSA) is 66.6 Å². The molecule has 0 spiro atoms. The molecule has 1 saturated heterocycles. The summed E-state index contributed by atoms with van der Waals surface area (Å²) in [7, 11) is 0. The Balaban J connectivity index is 2.20. The van der Waals surface area contributed by atoms with Crippen LogP contribution in [0.4, 0.5) is 11.4 Å². The number of nitrogen functional groups attached to an aromatic ring is 1. The fourth-order valence-electron chi connectivity index (χ4n) is 3.22. The number of nitrogens with two attached hydrogens (primary N) is 1. The quantitative estimate of drug-likeness (QED) is 0.816. The summed E-state index contributed by atoms with van der Waals surface area (Å²) in [6, 6.07) is 5.28. The van der Waals surface area contributed by atoms with Crippen molar-refractivity contribution in [2.75, 3.05) is 23.7 Å². The molecule has 0 aromatic heterocycles. The zero-order valence-electron chi connectivity index (χ0n) is 13.2. The normalized spacial score (nSPS) is 20.1. The molecule has 1 aromatic carbocycles. The van der Waals surface area contributed by atoms with Crippen molar-refractivity contribution in [1.29, 1.82) is 0 Å². The molecule has 0 bridgehead atoms. The second-order valence-electron chi connectivity index (χ2n) is 7.02. The zero-order chi connectivity index (χ0) is 15.6. The summed E-state index contributed by atoms with van der Waals surface area (Å²) in [6.07, 6.45) is 3.47. The van der Waals surface area contributed by atoms with Crippen LogP contribution >= 0.6 is 0 Å². The fraction of sp³-hybridized carbons (Fsp3) is 0.588. The van der Waals surface area contributed by atoms with Crippen LogP contribution in [0, 0.1) is 11.3 Å². The largest absolute Gasteiger partial charge is 0.478 e. The number of rotatable bonds is 2. The highest BCUT2D eigenvalue weighted by molar-refractivity contribution is 5.97. The molecule has 1 aliphatic heterocycles. The predicted molar refractivity (Wildman–Crippen MR) is 86.8 cm³/mol. The van der Waals surface area contributed by atoms with Crippen molar-refractivity contribution in [3.63, 3.8) is 0 Å². The van der Waals surface area contributed by atoms with Crippen molar-refractivity contribution in [3.05, 3.63) is 23.8 Å². The van der Waals surface area contributed by atoms with Crippen LogP contribution in [-0.4, -0.2) is 24.2 Å². The highest BCUT2D eigenvalue weighted by Crippen LogP contribution is 2.36. The average molecular weight is 290 g/mol. The molecule has 0 aliphatic carbocycles. The van der Waals surface area contributed by atoms with Gasteiger partial charge in [0.05, 0.1) is 16.9 Å². The maximum Gasteiger partial charge on any atom is 0.337 e. The lowest BCUT2D eigenvalue weighted by Gasteiger charge is -2.30. The van der Waals surface area contributed by atoms with Crippen molar-refractivity contribution in [2.24, 2.45) is 11.3 Å². The van der Waals surface area contributed by atoms with Crippen LogP contribution in [0.15, 0.2) is 18.2 Å². The van der Waals surface area contributed by atoms with Crippen molar-refractivity contribution in [3.8, 4) is 0 Å². The van der Waals surface area contributed by atoms with Crippen LogP contribution in [0.25, 0.3) is 0 Å². The first kappa shape index (κ1) is 15.7. The van der Waals surface area contributed by atoms with E-state index in [1.807, 2.05) is 6.07 Å². The van der Waals surface area contributed by atoms with E-state index in [1.54, 1.807) is 12.1 Å². The third-order valence-corrected chi connectivity index (χ3v) is 4.61. The molecule has 1 aliphatic rings. The lowest BCUT2D eigenvalue weighted by atomic mass is 9.77. The van der Waals surface area contributed by atoms with Crippen molar-refractivity contribution in [1.82, 2.24) is 0 Å². The van der Waals surface area contributed by atoms with Gasteiger partial charge in [-0.3, -0.25) is 0 Å². The van der Waals surface area contributed by atoms with Gasteiger partial charge < -0.3 is 15.7 Å². The minimum atomic E-state index is -0.961. The fourth-order valence-corrected chi connectivity index (χ4v) is 3.22. The summed E-state index contributed by atoms with van der Waals surface area (Å²) in [5.41, 5.74) is 7.84. The molecule has 116 valence electrons. The first-order valence-electron chi connectivity index (χ1n) is 7.67. The SMILES string of the molecule is CC(C)(C)C1CCCN(c2cccc(C(=O)O)c2N)CC1. The van der Waals surface area contributed by atoms with Crippen LogP contribution in [0.5, 0.6) is 0 Å². The maximum atomic E-state index is 11.2. The number of anilines is 2. The van der Waals surface area contributed by atoms with Crippen LogP contribution in [0.3, 0.4) is 0 Å². The van der Waals surface area contributed by atoms with Gasteiger partial charge in [-0.2, -0.15) is 0 Å². The van der Waals surface area contributed by atoms with E-state index >= 15 is 0 Å². The summed E-state index contributed by atoms with van der Waals surface area (Å²) >= 11 is 0. The predicted octanol–water partition coefficient (Wildman–Crippen LogP) is 3.62. The standard InChI is InChI=1S/C17H26N2O2/c1-17(2,3)12-6-5-10-19(11-9-12)14-8-4-7-13(15(14)18)16(20)21/h4,7-8,12H,5-6,9-11,18H2,1-3H3,(H,20,21). The van der Waals surface area contributed by atoms with Crippen molar-refractivity contribution < 1.29 is 9.90 Å². The van der Waals surface area contributed by atoms with Gasteiger partial charge in [0, 0.05) is 13.1 Å². The highest BCUT2D eigenvalue weighted by atomic mass is 16.4. The van der Waals surface area contributed by atoms with Gasteiger partial charge in [0.15, 0.2) is 0 Å². The smallest absolute Gasteiger partial charge is 0.337 e. The van der Waals surface area contributed by atoms with Crippen LogP contribution < -0.4 is 10.6 Å². The lowest BCUT2D eigenvalue weighted by molar-refractivity contribution is 0.0698. The Labute approximate surface area is 126 Å². The number of hydrogen-bond acceptors (Lipinski definition) is 3. The van der Waals surface area contributed by atoms with Gasteiger partial charge in [0.25, 0.3) is 0 Å². The summed E-state index contributed by atoms with van der Waals surface area (Å²) in [5, 5.41) is 9.19. The Kier molecular flexibility index (Phi) is 4.45. The van der Waals surface area contributed by atoms with Crippen molar-refractivity contribution in [2.45, 2.75) is 40.0 Å². The van der Waals surface area contributed by atoms with Crippen LogP contribution in [0.2, 0.25) is 0 Å². The van der Waals surface area contributed by atoms with E-state index in [9.17, 15) is 9.90 Å². The minimum Gasteiger partial charge on any atom is -0.478 e. The Morgan fingerprint density at radius 3 is 2.62 bits per heavy atom. The second-order valence-corrected chi connectivity index (χ2v) is 7.02. The van der Waals surface area contributed by atoms with Crippen molar-refractivity contribution >= 4 is 17.3 Å². The molecule has 4 heteroatoms. The summed E-state index contributed by atoms with van der Waals surface area (Å²) in [4.78, 5) is 13.5. The first-order chi connectivity index (χ1) is 9.80. The number of para-hydroxylation sites is 1. The third-order valence-electron chi connectivity index (χ3n) is 4.61. The highest BCUT2D eigenvalue weighted by Gasteiger charge is 2.27. The Hall–Kier alpha value is -1.71. The molecule has 3 N–H and O–H groups in total. The number of nitrogens with zero attached hydrogens (tertiary/aromatic N) is 1. The summed E-state index contributed by atoms with van der Waals surface area (Å²) in [6.45, 7) is 8.78. The molecule has 0 amide bonds. The van der Waals surface area contributed by atoms with Gasteiger partial charge in [-0.05, 0) is 42.7 Å². The van der Waals surface area contributed by atoms with E-state index in [0.29, 0.717) is 17.0 Å². The van der Waals surface area contributed by atoms with Gasteiger partial charge in [-0.15, -0.1) is 0 Å². The van der Waals surface area contributed by atoms with Gasteiger partial charge in [0.2, 0.25) is 0 Å². The molecule has 1 aromatic rings. The Bertz CT molecular complexity index is 520. The van der Waals surface area contributed by atoms with Crippen LogP contribution in [-0.2, 0) is 0 Å². The zero-order valence-corrected chi connectivity index (χ0v) is 13.2. The molecule has 1 fully saturated rings. The molecule has 1 atom stereocenters. The third kappa shape index (κ3) is 3.49. The Morgan fingerprint density at radius 1 is 1.29 bits per heavy atom. The molecule has 1 unspecified atom stereocenters. The minimum absolute atomic E-state index is 0.198.